The Labute approximate surface area is 97.8 Å². The summed E-state index contributed by atoms with van der Waals surface area (Å²) in [5, 5.41) is 8.97. The predicted molar refractivity (Wildman–Crippen MR) is 63.4 cm³/mol. The number of hydrogen-bond donors (Lipinski definition) is 1. The molecule has 1 saturated heterocycles. The van der Waals surface area contributed by atoms with E-state index in [9.17, 15) is 4.79 Å². The largest absolute Gasteiger partial charge is 0.481 e. The maximum absolute atomic E-state index is 10.9. The molecule has 0 aromatic rings. The summed E-state index contributed by atoms with van der Waals surface area (Å²) in [5.41, 5.74) is 0. The first-order valence-corrected chi connectivity index (χ1v) is 6.67. The Kier molecular flexibility index (Phi) is 3.85. The molecular weight excluding hydrogens is 202 g/mol. The molecule has 1 N–H and O–H groups in total. The van der Waals surface area contributed by atoms with Crippen LogP contribution < -0.4 is 0 Å². The van der Waals surface area contributed by atoms with Gasteiger partial charge < -0.3 is 5.11 Å². The van der Waals surface area contributed by atoms with E-state index in [-0.39, 0.29) is 5.92 Å². The van der Waals surface area contributed by atoms with Gasteiger partial charge in [-0.3, -0.25) is 9.69 Å². The molecule has 16 heavy (non-hydrogen) atoms. The standard InChI is InChI=1S/C13H23NO2/c1-10-4-2-3-9-14(10)12-7-5-11(6-8-12)13(15)16/h10-12H,2-9H2,1H3,(H,15,16). The second kappa shape index (κ2) is 5.17. The Balaban J connectivity index is 1.85. The first-order valence-electron chi connectivity index (χ1n) is 6.67. The highest BCUT2D eigenvalue weighted by molar-refractivity contribution is 5.70. The second-order valence-corrected chi connectivity index (χ2v) is 5.43. The summed E-state index contributed by atoms with van der Waals surface area (Å²) in [4.78, 5) is 13.5. The Hall–Kier alpha value is -0.570. The smallest absolute Gasteiger partial charge is 0.306 e. The normalized spacial score (nSPS) is 37.2. The molecule has 1 aliphatic heterocycles. The van der Waals surface area contributed by atoms with Gasteiger partial charge in [0.25, 0.3) is 0 Å². The number of carbonyl (C=O) groups is 1. The fraction of sp³-hybridized carbons (Fsp3) is 0.923. The molecule has 1 saturated carbocycles. The van der Waals surface area contributed by atoms with Gasteiger partial charge in [-0.05, 0) is 52.0 Å². The summed E-state index contributed by atoms with van der Waals surface area (Å²) in [6.07, 6.45) is 7.93. The molecule has 0 aromatic carbocycles. The number of aliphatic carboxylic acids is 1. The van der Waals surface area contributed by atoms with Gasteiger partial charge in [0.2, 0.25) is 0 Å². The van der Waals surface area contributed by atoms with Crippen molar-refractivity contribution in [1.29, 1.82) is 0 Å². The molecule has 0 spiro atoms. The Morgan fingerprint density at radius 2 is 1.81 bits per heavy atom. The Morgan fingerprint density at radius 3 is 2.38 bits per heavy atom. The lowest BCUT2D eigenvalue weighted by atomic mass is 9.84. The van der Waals surface area contributed by atoms with Gasteiger partial charge in [-0.1, -0.05) is 6.42 Å². The van der Waals surface area contributed by atoms with Crippen molar-refractivity contribution in [3.8, 4) is 0 Å². The van der Waals surface area contributed by atoms with Crippen molar-refractivity contribution in [1.82, 2.24) is 4.90 Å². The topological polar surface area (TPSA) is 40.5 Å². The molecule has 0 bridgehead atoms. The summed E-state index contributed by atoms with van der Waals surface area (Å²) in [5.74, 6) is -0.665. The van der Waals surface area contributed by atoms with Crippen LogP contribution >= 0.6 is 0 Å². The molecule has 2 rings (SSSR count). The number of piperidine rings is 1. The zero-order valence-corrected chi connectivity index (χ0v) is 10.2. The van der Waals surface area contributed by atoms with Crippen LogP contribution in [0, 0.1) is 5.92 Å². The molecule has 0 aromatic heterocycles. The van der Waals surface area contributed by atoms with Crippen LogP contribution in [0.4, 0.5) is 0 Å². The monoisotopic (exact) mass is 225 g/mol. The maximum atomic E-state index is 10.9. The Morgan fingerprint density at radius 1 is 1.12 bits per heavy atom. The number of nitrogens with zero attached hydrogens (tertiary/aromatic N) is 1. The highest BCUT2D eigenvalue weighted by Gasteiger charge is 2.31. The number of carboxylic acid groups (broad SMARTS) is 1. The van der Waals surface area contributed by atoms with Crippen molar-refractivity contribution in [3.05, 3.63) is 0 Å². The van der Waals surface area contributed by atoms with Crippen LogP contribution in [0.5, 0.6) is 0 Å². The van der Waals surface area contributed by atoms with Gasteiger partial charge in [-0.25, -0.2) is 0 Å². The molecule has 3 heteroatoms. The van der Waals surface area contributed by atoms with E-state index in [1.165, 1.54) is 25.8 Å². The predicted octanol–water partition coefficient (Wildman–Crippen LogP) is 2.50. The minimum absolute atomic E-state index is 0.0728. The van der Waals surface area contributed by atoms with Crippen LogP contribution in [0.25, 0.3) is 0 Å². The molecule has 1 heterocycles. The van der Waals surface area contributed by atoms with E-state index < -0.39 is 5.97 Å². The van der Waals surface area contributed by atoms with Crippen LogP contribution in [0.3, 0.4) is 0 Å². The van der Waals surface area contributed by atoms with Gasteiger partial charge in [0.05, 0.1) is 5.92 Å². The molecule has 0 amide bonds. The van der Waals surface area contributed by atoms with Crippen molar-refractivity contribution < 1.29 is 9.90 Å². The number of likely N-dealkylation sites (tertiary alicyclic amines) is 1. The minimum Gasteiger partial charge on any atom is -0.481 e. The van der Waals surface area contributed by atoms with E-state index in [4.69, 9.17) is 5.11 Å². The molecule has 1 aliphatic carbocycles. The molecule has 2 aliphatic rings. The van der Waals surface area contributed by atoms with E-state index in [1.807, 2.05) is 0 Å². The van der Waals surface area contributed by atoms with Gasteiger partial charge in [-0.2, -0.15) is 0 Å². The number of carboxylic acids is 1. The van der Waals surface area contributed by atoms with Crippen LogP contribution in [-0.2, 0) is 4.79 Å². The number of rotatable bonds is 2. The van der Waals surface area contributed by atoms with Crippen LogP contribution in [-0.4, -0.2) is 34.6 Å². The quantitative estimate of drug-likeness (QED) is 0.785. The Bertz CT molecular complexity index is 246. The lowest BCUT2D eigenvalue weighted by molar-refractivity contribution is -0.143. The maximum Gasteiger partial charge on any atom is 0.306 e. The minimum atomic E-state index is -0.592. The third kappa shape index (κ3) is 2.57. The molecule has 0 radical (unpaired) electrons. The molecule has 92 valence electrons. The van der Waals surface area contributed by atoms with Gasteiger partial charge >= 0.3 is 5.97 Å². The summed E-state index contributed by atoms with van der Waals surface area (Å²) in [6, 6.07) is 1.37. The zero-order valence-electron chi connectivity index (χ0n) is 10.2. The third-order valence-electron chi connectivity index (χ3n) is 4.37. The molecule has 3 nitrogen and oxygen atoms in total. The van der Waals surface area contributed by atoms with E-state index in [0.717, 1.165) is 25.7 Å². The molecule has 1 unspecified atom stereocenters. The van der Waals surface area contributed by atoms with Gasteiger partial charge in [0.15, 0.2) is 0 Å². The summed E-state index contributed by atoms with van der Waals surface area (Å²) < 4.78 is 0. The average Bonchev–Trinajstić information content (AvgIpc) is 2.30. The van der Waals surface area contributed by atoms with Gasteiger partial charge in [0.1, 0.15) is 0 Å². The summed E-state index contributed by atoms with van der Waals surface area (Å²) in [7, 11) is 0. The van der Waals surface area contributed by atoms with Crippen molar-refractivity contribution in [3.63, 3.8) is 0 Å². The summed E-state index contributed by atoms with van der Waals surface area (Å²) >= 11 is 0. The van der Waals surface area contributed by atoms with E-state index in [2.05, 4.69) is 11.8 Å². The van der Waals surface area contributed by atoms with Crippen molar-refractivity contribution in [2.45, 2.75) is 64.0 Å². The zero-order chi connectivity index (χ0) is 11.5. The van der Waals surface area contributed by atoms with E-state index in [0.29, 0.717) is 12.1 Å². The van der Waals surface area contributed by atoms with E-state index in [1.54, 1.807) is 0 Å². The highest BCUT2D eigenvalue weighted by Crippen LogP contribution is 2.31. The molecular formula is C13H23NO2. The van der Waals surface area contributed by atoms with Gasteiger partial charge in [-0.15, -0.1) is 0 Å². The fourth-order valence-electron chi connectivity index (χ4n) is 3.32. The van der Waals surface area contributed by atoms with Crippen LogP contribution in [0.2, 0.25) is 0 Å². The number of hydrogen-bond acceptors (Lipinski definition) is 2. The SMILES string of the molecule is CC1CCCCN1C1CCC(C(=O)O)CC1. The van der Waals surface area contributed by atoms with E-state index >= 15 is 0 Å². The first-order chi connectivity index (χ1) is 7.68. The second-order valence-electron chi connectivity index (χ2n) is 5.43. The van der Waals surface area contributed by atoms with Crippen LogP contribution in [0.1, 0.15) is 51.9 Å². The van der Waals surface area contributed by atoms with Crippen molar-refractivity contribution in [2.75, 3.05) is 6.54 Å². The van der Waals surface area contributed by atoms with Crippen molar-refractivity contribution >= 4 is 5.97 Å². The fourth-order valence-corrected chi connectivity index (χ4v) is 3.32. The average molecular weight is 225 g/mol. The van der Waals surface area contributed by atoms with Crippen LogP contribution in [0.15, 0.2) is 0 Å². The summed E-state index contributed by atoms with van der Waals surface area (Å²) in [6.45, 7) is 3.55. The third-order valence-corrected chi connectivity index (χ3v) is 4.37. The first kappa shape index (κ1) is 11.9. The molecule has 1 atom stereocenters. The highest BCUT2D eigenvalue weighted by atomic mass is 16.4. The lowest BCUT2D eigenvalue weighted by Gasteiger charge is -2.42. The van der Waals surface area contributed by atoms with Gasteiger partial charge in [0, 0.05) is 12.1 Å². The lowest BCUT2D eigenvalue weighted by Crippen LogP contribution is -2.46. The van der Waals surface area contributed by atoms with Crippen molar-refractivity contribution in [2.24, 2.45) is 5.92 Å². The molecule has 2 fully saturated rings.